The lowest BCUT2D eigenvalue weighted by Gasteiger charge is -2.23. The topological polar surface area (TPSA) is 79.3 Å². The van der Waals surface area contributed by atoms with Crippen LogP contribution < -0.4 is 5.32 Å². The van der Waals surface area contributed by atoms with Crippen molar-refractivity contribution in [1.29, 1.82) is 0 Å². The zero-order valence-electron chi connectivity index (χ0n) is 12.1. The number of benzene rings is 1. The first-order valence-electron chi connectivity index (χ1n) is 7.10. The van der Waals surface area contributed by atoms with Gasteiger partial charge in [0.1, 0.15) is 0 Å². The molecule has 5 nitrogen and oxygen atoms in total. The quantitative estimate of drug-likeness (QED) is 0.852. The van der Waals surface area contributed by atoms with E-state index in [2.05, 4.69) is 10.3 Å². The summed E-state index contributed by atoms with van der Waals surface area (Å²) in [5.41, 5.74) is 1.97. The van der Waals surface area contributed by atoms with Crippen LogP contribution in [0.4, 0.5) is 5.13 Å². The van der Waals surface area contributed by atoms with Gasteiger partial charge in [-0.25, -0.2) is 4.98 Å². The molecule has 0 bridgehead atoms. The summed E-state index contributed by atoms with van der Waals surface area (Å²) in [6.45, 7) is 2.00. The number of carbonyl (C=O) groups excluding carboxylic acids is 1. The van der Waals surface area contributed by atoms with Crippen molar-refractivity contribution in [1.82, 2.24) is 4.98 Å². The van der Waals surface area contributed by atoms with Crippen LogP contribution in [0.1, 0.15) is 18.4 Å². The second-order valence-corrected chi connectivity index (χ2v) is 6.50. The van der Waals surface area contributed by atoms with Crippen molar-refractivity contribution in [2.45, 2.75) is 19.8 Å². The number of amides is 1. The molecule has 0 aliphatic heterocycles. The second kappa shape index (κ2) is 5.88. The Bertz CT molecular complexity index is 766. The van der Waals surface area contributed by atoms with Crippen molar-refractivity contribution in [3.8, 4) is 0 Å². The molecule has 1 aliphatic rings. The first-order chi connectivity index (χ1) is 10.5. The van der Waals surface area contributed by atoms with Gasteiger partial charge in [-0.1, -0.05) is 29.6 Å². The summed E-state index contributed by atoms with van der Waals surface area (Å²) in [6, 6.07) is 5.91. The number of anilines is 1. The van der Waals surface area contributed by atoms with E-state index in [4.69, 9.17) is 0 Å². The van der Waals surface area contributed by atoms with Crippen molar-refractivity contribution < 1.29 is 14.7 Å². The predicted molar refractivity (Wildman–Crippen MR) is 86.0 cm³/mol. The molecule has 0 saturated heterocycles. The van der Waals surface area contributed by atoms with E-state index in [1.54, 1.807) is 0 Å². The Morgan fingerprint density at radius 2 is 2.00 bits per heavy atom. The average Bonchev–Trinajstić information content (AvgIpc) is 2.88. The highest BCUT2D eigenvalue weighted by molar-refractivity contribution is 7.22. The van der Waals surface area contributed by atoms with Crippen LogP contribution in [-0.4, -0.2) is 22.0 Å². The SMILES string of the molecule is Cc1ccc2nc(NC(=O)[C@@H]3CC=CC[C@@H]3C(=O)O)sc2c1. The summed E-state index contributed by atoms with van der Waals surface area (Å²) in [4.78, 5) is 28.0. The lowest BCUT2D eigenvalue weighted by molar-refractivity contribution is -0.146. The Morgan fingerprint density at radius 3 is 2.73 bits per heavy atom. The molecule has 1 aromatic carbocycles. The molecule has 0 unspecified atom stereocenters. The molecule has 2 atom stereocenters. The van der Waals surface area contributed by atoms with Gasteiger partial charge in [-0.15, -0.1) is 0 Å². The number of hydrogen-bond acceptors (Lipinski definition) is 4. The number of carboxylic acids is 1. The van der Waals surface area contributed by atoms with Crippen molar-refractivity contribution in [3.05, 3.63) is 35.9 Å². The zero-order valence-corrected chi connectivity index (χ0v) is 12.9. The molecule has 1 aromatic heterocycles. The Kier molecular flexibility index (Phi) is 3.94. The van der Waals surface area contributed by atoms with Crippen molar-refractivity contribution in [2.24, 2.45) is 11.8 Å². The minimum absolute atomic E-state index is 0.271. The predicted octanol–water partition coefficient (Wildman–Crippen LogP) is 3.21. The third-order valence-electron chi connectivity index (χ3n) is 3.86. The summed E-state index contributed by atoms with van der Waals surface area (Å²) < 4.78 is 1.01. The number of nitrogens with zero attached hydrogens (tertiary/aromatic N) is 1. The molecule has 0 spiro atoms. The third-order valence-corrected chi connectivity index (χ3v) is 4.79. The van der Waals surface area contributed by atoms with Crippen molar-refractivity contribution in [3.63, 3.8) is 0 Å². The maximum Gasteiger partial charge on any atom is 0.307 e. The number of allylic oxidation sites excluding steroid dienone is 2. The molecular formula is C16H16N2O3S. The summed E-state index contributed by atoms with van der Waals surface area (Å²) >= 11 is 1.40. The fraction of sp³-hybridized carbons (Fsp3) is 0.312. The third kappa shape index (κ3) is 2.87. The minimum Gasteiger partial charge on any atom is -0.481 e. The molecule has 0 radical (unpaired) electrons. The lowest BCUT2D eigenvalue weighted by atomic mass is 9.82. The number of aliphatic carboxylic acids is 1. The number of fused-ring (bicyclic) bond motifs is 1. The van der Waals surface area contributed by atoms with E-state index in [1.807, 2.05) is 37.3 Å². The van der Waals surface area contributed by atoms with Crippen LogP contribution in [0, 0.1) is 18.8 Å². The molecule has 0 fully saturated rings. The highest BCUT2D eigenvalue weighted by atomic mass is 32.1. The first kappa shape index (κ1) is 14.7. The molecule has 1 heterocycles. The minimum atomic E-state index is -0.926. The maximum absolute atomic E-state index is 12.4. The standard InChI is InChI=1S/C16H16N2O3S/c1-9-6-7-12-13(8-9)22-16(17-12)18-14(19)10-4-2-3-5-11(10)15(20)21/h2-3,6-8,10-11H,4-5H2,1H3,(H,20,21)(H,17,18,19)/t10-,11+/m1/s1. The van der Waals surface area contributed by atoms with Crippen LogP contribution >= 0.6 is 11.3 Å². The molecule has 114 valence electrons. The summed E-state index contributed by atoms with van der Waals surface area (Å²) in [7, 11) is 0. The number of thiazole rings is 1. The zero-order chi connectivity index (χ0) is 15.7. The average molecular weight is 316 g/mol. The summed E-state index contributed by atoms with van der Waals surface area (Å²) in [5, 5.41) is 12.5. The van der Waals surface area contributed by atoms with E-state index in [9.17, 15) is 14.7 Å². The monoisotopic (exact) mass is 316 g/mol. The normalized spacial score (nSPS) is 21.0. The van der Waals surface area contributed by atoms with Gasteiger partial charge in [-0.3, -0.25) is 9.59 Å². The number of hydrogen-bond donors (Lipinski definition) is 2. The first-order valence-corrected chi connectivity index (χ1v) is 7.92. The number of nitrogens with one attached hydrogen (secondary N) is 1. The van der Waals surface area contributed by atoms with Crippen LogP contribution in [0.5, 0.6) is 0 Å². The largest absolute Gasteiger partial charge is 0.481 e. The Hall–Kier alpha value is -2.21. The van der Waals surface area contributed by atoms with Gasteiger partial charge in [0.15, 0.2) is 5.13 Å². The fourth-order valence-electron chi connectivity index (χ4n) is 2.66. The van der Waals surface area contributed by atoms with Gasteiger partial charge in [0.2, 0.25) is 5.91 Å². The van der Waals surface area contributed by atoms with E-state index in [-0.39, 0.29) is 5.91 Å². The smallest absolute Gasteiger partial charge is 0.307 e. The molecule has 2 aromatic rings. The molecule has 1 aliphatic carbocycles. The molecule has 3 rings (SSSR count). The molecule has 22 heavy (non-hydrogen) atoms. The molecule has 1 amide bonds. The Balaban J connectivity index is 1.80. The van der Waals surface area contributed by atoms with Gasteiger partial charge in [-0.05, 0) is 37.5 Å². The molecule has 0 saturated carbocycles. The number of carbonyl (C=O) groups is 2. The van der Waals surface area contributed by atoms with E-state index in [0.717, 1.165) is 15.8 Å². The highest BCUT2D eigenvalue weighted by Crippen LogP contribution is 2.30. The van der Waals surface area contributed by atoms with Crippen LogP contribution in [0.3, 0.4) is 0 Å². The number of aromatic nitrogens is 1. The summed E-state index contributed by atoms with van der Waals surface area (Å²) in [6.07, 6.45) is 4.54. The fourth-order valence-corrected chi connectivity index (χ4v) is 3.63. The second-order valence-electron chi connectivity index (χ2n) is 5.47. The number of carboxylic acid groups (broad SMARTS) is 1. The Morgan fingerprint density at radius 1 is 1.27 bits per heavy atom. The maximum atomic E-state index is 12.4. The van der Waals surface area contributed by atoms with E-state index < -0.39 is 17.8 Å². The van der Waals surface area contributed by atoms with E-state index in [1.165, 1.54) is 11.3 Å². The van der Waals surface area contributed by atoms with Crippen LogP contribution in [0.25, 0.3) is 10.2 Å². The van der Waals surface area contributed by atoms with Crippen LogP contribution in [0.15, 0.2) is 30.4 Å². The van der Waals surface area contributed by atoms with Gasteiger partial charge in [0.25, 0.3) is 0 Å². The molecular weight excluding hydrogens is 300 g/mol. The molecule has 6 heteroatoms. The van der Waals surface area contributed by atoms with Gasteiger partial charge in [0, 0.05) is 0 Å². The number of rotatable bonds is 3. The van der Waals surface area contributed by atoms with Crippen LogP contribution in [0.2, 0.25) is 0 Å². The Labute approximate surface area is 131 Å². The van der Waals surface area contributed by atoms with E-state index >= 15 is 0 Å². The van der Waals surface area contributed by atoms with Gasteiger partial charge >= 0.3 is 5.97 Å². The highest BCUT2D eigenvalue weighted by Gasteiger charge is 2.34. The van der Waals surface area contributed by atoms with Crippen molar-refractivity contribution >= 4 is 38.6 Å². The van der Waals surface area contributed by atoms with Gasteiger partial charge < -0.3 is 10.4 Å². The molecule has 2 N–H and O–H groups in total. The summed E-state index contributed by atoms with van der Waals surface area (Å²) in [5.74, 6) is -2.41. The lowest BCUT2D eigenvalue weighted by Crippen LogP contribution is -2.34. The van der Waals surface area contributed by atoms with Gasteiger partial charge in [0.05, 0.1) is 22.1 Å². The van der Waals surface area contributed by atoms with Gasteiger partial charge in [-0.2, -0.15) is 0 Å². The van der Waals surface area contributed by atoms with E-state index in [0.29, 0.717) is 18.0 Å². The number of aryl methyl sites for hydroxylation is 1. The van der Waals surface area contributed by atoms with Crippen LogP contribution in [-0.2, 0) is 9.59 Å². The van der Waals surface area contributed by atoms with Crippen molar-refractivity contribution in [2.75, 3.05) is 5.32 Å².